The van der Waals surface area contributed by atoms with E-state index in [2.05, 4.69) is 46.5 Å². The van der Waals surface area contributed by atoms with Gasteiger partial charge in [-0.3, -0.25) is 4.98 Å². The summed E-state index contributed by atoms with van der Waals surface area (Å²) in [5.74, 6) is 0. The van der Waals surface area contributed by atoms with Gasteiger partial charge in [0.25, 0.3) is 0 Å². The molecule has 88 valence electrons. The standard InChI is InChI=1S/C14H17N3/c1-15-13-5-3-12(4-6-13)11-17(2)14-7-9-16-10-8-14/h3-10,15H,11H2,1-2H3. The first kappa shape index (κ1) is 11.5. The summed E-state index contributed by atoms with van der Waals surface area (Å²) >= 11 is 0. The van der Waals surface area contributed by atoms with Crippen LogP contribution >= 0.6 is 0 Å². The lowest BCUT2D eigenvalue weighted by molar-refractivity contribution is 0.921. The quantitative estimate of drug-likeness (QED) is 0.870. The number of rotatable bonds is 4. The van der Waals surface area contributed by atoms with E-state index in [1.165, 1.54) is 11.3 Å². The van der Waals surface area contributed by atoms with Gasteiger partial charge in [-0.25, -0.2) is 0 Å². The first-order valence-corrected chi connectivity index (χ1v) is 5.67. The van der Waals surface area contributed by atoms with Gasteiger partial charge in [-0.05, 0) is 29.8 Å². The Morgan fingerprint density at radius 3 is 2.29 bits per heavy atom. The van der Waals surface area contributed by atoms with Crippen molar-refractivity contribution >= 4 is 11.4 Å². The van der Waals surface area contributed by atoms with Crippen LogP contribution in [0.2, 0.25) is 0 Å². The van der Waals surface area contributed by atoms with E-state index in [0.717, 1.165) is 12.2 Å². The van der Waals surface area contributed by atoms with Crippen molar-refractivity contribution in [1.82, 2.24) is 4.98 Å². The maximum Gasteiger partial charge on any atom is 0.0426 e. The predicted octanol–water partition coefficient (Wildman–Crippen LogP) is 2.76. The number of hydrogen-bond donors (Lipinski definition) is 1. The normalized spacial score (nSPS) is 10.0. The highest BCUT2D eigenvalue weighted by Gasteiger charge is 2.01. The molecule has 0 aliphatic rings. The van der Waals surface area contributed by atoms with Crippen molar-refractivity contribution in [2.75, 3.05) is 24.3 Å². The van der Waals surface area contributed by atoms with Crippen LogP contribution < -0.4 is 10.2 Å². The molecule has 0 aliphatic carbocycles. The van der Waals surface area contributed by atoms with Gasteiger partial charge in [0.15, 0.2) is 0 Å². The van der Waals surface area contributed by atoms with Gasteiger partial charge in [-0.1, -0.05) is 12.1 Å². The van der Waals surface area contributed by atoms with Crippen molar-refractivity contribution in [1.29, 1.82) is 0 Å². The summed E-state index contributed by atoms with van der Waals surface area (Å²) in [5.41, 5.74) is 3.61. The molecule has 1 aromatic heterocycles. The third-order valence-electron chi connectivity index (χ3n) is 2.77. The molecule has 3 heteroatoms. The Morgan fingerprint density at radius 1 is 1.06 bits per heavy atom. The molecular formula is C14H17N3. The van der Waals surface area contributed by atoms with E-state index in [9.17, 15) is 0 Å². The molecule has 0 unspecified atom stereocenters. The Hall–Kier alpha value is -2.03. The zero-order chi connectivity index (χ0) is 12.1. The van der Waals surface area contributed by atoms with Gasteiger partial charge in [0.2, 0.25) is 0 Å². The van der Waals surface area contributed by atoms with E-state index >= 15 is 0 Å². The largest absolute Gasteiger partial charge is 0.388 e. The monoisotopic (exact) mass is 227 g/mol. The third kappa shape index (κ3) is 2.97. The van der Waals surface area contributed by atoms with E-state index in [-0.39, 0.29) is 0 Å². The lowest BCUT2D eigenvalue weighted by Crippen LogP contribution is -2.16. The Balaban J connectivity index is 2.05. The molecule has 0 aliphatic heterocycles. The van der Waals surface area contributed by atoms with Crippen molar-refractivity contribution in [2.24, 2.45) is 0 Å². The fourth-order valence-corrected chi connectivity index (χ4v) is 1.74. The van der Waals surface area contributed by atoms with E-state index in [1.807, 2.05) is 31.6 Å². The van der Waals surface area contributed by atoms with Crippen LogP contribution in [-0.2, 0) is 6.54 Å². The summed E-state index contributed by atoms with van der Waals surface area (Å²) < 4.78 is 0. The van der Waals surface area contributed by atoms with Gasteiger partial charge in [-0.15, -0.1) is 0 Å². The summed E-state index contributed by atoms with van der Waals surface area (Å²) in [6, 6.07) is 12.5. The second kappa shape index (κ2) is 5.34. The van der Waals surface area contributed by atoms with E-state index in [1.54, 1.807) is 0 Å². The molecule has 0 bridgehead atoms. The summed E-state index contributed by atoms with van der Waals surface area (Å²) in [5, 5.41) is 3.12. The van der Waals surface area contributed by atoms with Gasteiger partial charge >= 0.3 is 0 Å². The number of benzene rings is 1. The lowest BCUT2D eigenvalue weighted by atomic mass is 10.2. The zero-order valence-electron chi connectivity index (χ0n) is 10.2. The summed E-state index contributed by atoms with van der Waals surface area (Å²) in [6.45, 7) is 0.897. The van der Waals surface area contributed by atoms with Gasteiger partial charge in [0, 0.05) is 44.4 Å². The average Bonchev–Trinajstić information content (AvgIpc) is 2.40. The average molecular weight is 227 g/mol. The minimum atomic E-state index is 0.897. The van der Waals surface area contributed by atoms with E-state index in [0.29, 0.717) is 0 Å². The van der Waals surface area contributed by atoms with Crippen molar-refractivity contribution < 1.29 is 0 Å². The molecule has 2 rings (SSSR count). The molecule has 17 heavy (non-hydrogen) atoms. The van der Waals surface area contributed by atoms with Gasteiger partial charge in [0.05, 0.1) is 0 Å². The van der Waals surface area contributed by atoms with E-state index < -0.39 is 0 Å². The molecule has 1 aromatic carbocycles. The van der Waals surface area contributed by atoms with Crippen molar-refractivity contribution in [3.05, 3.63) is 54.4 Å². The van der Waals surface area contributed by atoms with Crippen molar-refractivity contribution in [2.45, 2.75) is 6.54 Å². The number of aromatic nitrogens is 1. The second-order valence-electron chi connectivity index (χ2n) is 4.01. The Kier molecular flexibility index (Phi) is 3.60. The summed E-state index contributed by atoms with van der Waals surface area (Å²) in [4.78, 5) is 6.23. The molecular weight excluding hydrogens is 210 g/mol. The molecule has 0 amide bonds. The van der Waals surface area contributed by atoms with Crippen LogP contribution in [0.15, 0.2) is 48.8 Å². The maximum absolute atomic E-state index is 4.02. The second-order valence-corrected chi connectivity index (χ2v) is 4.01. The topological polar surface area (TPSA) is 28.2 Å². The summed E-state index contributed by atoms with van der Waals surface area (Å²) in [7, 11) is 4.01. The number of nitrogens with one attached hydrogen (secondary N) is 1. The van der Waals surface area contributed by atoms with Gasteiger partial charge in [-0.2, -0.15) is 0 Å². The maximum atomic E-state index is 4.02. The summed E-state index contributed by atoms with van der Waals surface area (Å²) in [6.07, 6.45) is 3.63. The Bertz CT molecular complexity index is 451. The molecule has 0 spiro atoms. The minimum Gasteiger partial charge on any atom is -0.388 e. The van der Waals surface area contributed by atoms with Crippen LogP contribution in [-0.4, -0.2) is 19.1 Å². The molecule has 0 radical (unpaired) electrons. The van der Waals surface area contributed by atoms with E-state index in [4.69, 9.17) is 0 Å². The molecule has 2 aromatic rings. The number of nitrogens with zero attached hydrogens (tertiary/aromatic N) is 2. The van der Waals surface area contributed by atoms with Crippen LogP contribution in [0.25, 0.3) is 0 Å². The number of pyridine rings is 1. The highest BCUT2D eigenvalue weighted by molar-refractivity contribution is 5.47. The fourth-order valence-electron chi connectivity index (χ4n) is 1.74. The smallest absolute Gasteiger partial charge is 0.0426 e. The Labute approximate surface area is 102 Å². The SMILES string of the molecule is CNc1ccc(CN(C)c2ccncc2)cc1. The highest BCUT2D eigenvalue weighted by atomic mass is 15.1. The molecule has 3 nitrogen and oxygen atoms in total. The first-order valence-electron chi connectivity index (χ1n) is 5.67. The van der Waals surface area contributed by atoms with Crippen LogP contribution in [0, 0.1) is 0 Å². The lowest BCUT2D eigenvalue weighted by Gasteiger charge is -2.19. The van der Waals surface area contributed by atoms with Crippen molar-refractivity contribution in [3.63, 3.8) is 0 Å². The van der Waals surface area contributed by atoms with Crippen LogP contribution in [0.3, 0.4) is 0 Å². The first-order chi connectivity index (χ1) is 8.29. The fraction of sp³-hybridized carbons (Fsp3) is 0.214. The predicted molar refractivity (Wildman–Crippen MR) is 72.3 cm³/mol. The molecule has 1 heterocycles. The number of anilines is 2. The van der Waals surface area contributed by atoms with Gasteiger partial charge in [0.1, 0.15) is 0 Å². The van der Waals surface area contributed by atoms with Crippen LogP contribution in [0.1, 0.15) is 5.56 Å². The molecule has 0 atom stereocenters. The molecule has 0 saturated carbocycles. The van der Waals surface area contributed by atoms with Crippen LogP contribution in [0.4, 0.5) is 11.4 Å². The molecule has 1 N–H and O–H groups in total. The van der Waals surface area contributed by atoms with Crippen LogP contribution in [0.5, 0.6) is 0 Å². The molecule has 0 fully saturated rings. The Morgan fingerprint density at radius 2 is 1.71 bits per heavy atom. The third-order valence-corrected chi connectivity index (χ3v) is 2.77. The number of hydrogen-bond acceptors (Lipinski definition) is 3. The van der Waals surface area contributed by atoms with Gasteiger partial charge < -0.3 is 10.2 Å². The highest BCUT2D eigenvalue weighted by Crippen LogP contribution is 2.15. The minimum absolute atomic E-state index is 0.897. The zero-order valence-corrected chi connectivity index (χ0v) is 10.2. The van der Waals surface area contributed by atoms with Crippen molar-refractivity contribution in [3.8, 4) is 0 Å². The molecule has 0 saturated heterocycles.